The van der Waals surface area contributed by atoms with Crippen LogP contribution in [0.1, 0.15) is 15.2 Å². The average molecular weight is 288 g/mol. The zero-order chi connectivity index (χ0) is 13.2. The van der Waals surface area contributed by atoms with Crippen molar-refractivity contribution in [2.45, 2.75) is 6.54 Å². The molecule has 3 nitrogen and oxygen atoms in total. The summed E-state index contributed by atoms with van der Waals surface area (Å²) in [6.07, 6.45) is 0. The Morgan fingerprint density at radius 3 is 2.89 bits per heavy atom. The van der Waals surface area contributed by atoms with E-state index < -0.39 is 0 Å². The van der Waals surface area contributed by atoms with Crippen molar-refractivity contribution < 1.29 is 4.79 Å². The van der Waals surface area contributed by atoms with Crippen LogP contribution in [0.5, 0.6) is 0 Å². The van der Waals surface area contributed by atoms with Crippen LogP contribution < -0.4 is 11.1 Å². The van der Waals surface area contributed by atoms with Crippen LogP contribution in [0.15, 0.2) is 41.8 Å². The Morgan fingerprint density at radius 1 is 1.21 bits per heavy atom. The Morgan fingerprint density at radius 2 is 2.11 bits per heavy atom. The maximum absolute atomic E-state index is 12.0. The second-order valence-corrected chi connectivity index (χ2v) is 6.22. The molecule has 0 aliphatic heterocycles. The maximum atomic E-state index is 12.0. The molecule has 0 aliphatic rings. The molecule has 2 heterocycles. The Balaban J connectivity index is 1.70. The topological polar surface area (TPSA) is 55.1 Å². The molecule has 1 aromatic carbocycles. The van der Waals surface area contributed by atoms with Crippen molar-refractivity contribution in [2.24, 2.45) is 0 Å². The SMILES string of the molecule is Nc1cccc(CNC(=O)c2cc3sccc3s2)c1. The second kappa shape index (κ2) is 5.03. The van der Waals surface area contributed by atoms with Gasteiger partial charge in [0.1, 0.15) is 0 Å². The quantitative estimate of drug-likeness (QED) is 0.725. The number of benzene rings is 1. The smallest absolute Gasteiger partial charge is 0.261 e. The second-order valence-electron chi connectivity index (χ2n) is 4.19. The monoisotopic (exact) mass is 288 g/mol. The van der Waals surface area contributed by atoms with Gasteiger partial charge in [0.15, 0.2) is 0 Å². The molecule has 3 N–H and O–H groups in total. The number of thiophene rings is 2. The number of nitrogens with one attached hydrogen (secondary N) is 1. The van der Waals surface area contributed by atoms with Gasteiger partial charge in [-0.2, -0.15) is 0 Å². The summed E-state index contributed by atoms with van der Waals surface area (Å²) in [5, 5.41) is 4.95. The fourth-order valence-electron chi connectivity index (χ4n) is 1.85. The molecule has 3 rings (SSSR count). The van der Waals surface area contributed by atoms with Gasteiger partial charge in [0.05, 0.1) is 4.88 Å². The first-order chi connectivity index (χ1) is 9.22. The van der Waals surface area contributed by atoms with Crippen LogP contribution >= 0.6 is 22.7 Å². The van der Waals surface area contributed by atoms with E-state index in [1.54, 1.807) is 11.3 Å². The number of rotatable bonds is 3. The van der Waals surface area contributed by atoms with Crippen LogP contribution in [0.2, 0.25) is 0 Å². The van der Waals surface area contributed by atoms with Gasteiger partial charge in [-0.15, -0.1) is 22.7 Å². The molecule has 0 spiro atoms. The van der Waals surface area contributed by atoms with Crippen molar-refractivity contribution in [1.29, 1.82) is 0 Å². The van der Waals surface area contributed by atoms with Crippen LogP contribution in [0, 0.1) is 0 Å². The van der Waals surface area contributed by atoms with Gasteiger partial charge < -0.3 is 11.1 Å². The summed E-state index contributed by atoms with van der Waals surface area (Å²) in [5.41, 5.74) is 7.42. The summed E-state index contributed by atoms with van der Waals surface area (Å²) >= 11 is 3.18. The van der Waals surface area contributed by atoms with Crippen molar-refractivity contribution in [3.63, 3.8) is 0 Å². The highest BCUT2D eigenvalue weighted by molar-refractivity contribution is 7.27. The fourth-order valence-corrected chi connectivity index (χ4v) is 3.88. The lowest BCUT2D eigenvalue weighted by Gasteiger charge is -2.04. The average Bonchev–Trinajstić information content (AvgIpc) is 2.96. The molecule has 0 radical (unpaired) electrons. The van der Waals surface area contributed by atoms with E-state index in [0.717, 1.165) is 10.4 Å². The summed E-state index contributed by atoms with van der Waals surface area (Å²) < 4.78 is 2.33. The van der Waals surface area contributed by atoms with Gasteiger partial charge >= 0.3 is 0 Å². The first-order valence-electron chi connectivity index (χ1n) is 5.82. The summed E-state index contributed by atoms with van der Waals surface area (Å²) in [6, 6.07) is 11.5. The van der Waals surface area contributed by atoms with Gasteiger partial charge in [0.2, 0.25) is 0 Å². The number of nitrogen functional groups attached to an aromatic ring is 1. The van der Waals surface area contributed by atoms with Gasteiger partial charge in [-0.1, -0.05) is 12.1 Å². The molecule has 0 atom stereocenters. The predicted octanol–water partition coefficient (Wildman–Crippen LogP) is 3.48. The number of nitrogens with two attached hydrogens (primary N) is 1. The first-order valence-corrected chi connectivity index (χ1v) is 7.51. The molecule has 1 amide bonds. The van der Waals surface area contributed by atoms with Gasteiger partial charge in [-0.05, 0) is 35.2 Å². The number of hydrogen-bond donors (Lipinski definition) is 2. The summed E-state index contributed by atoms with van der Waals surface area (Å²) in [6.45, 7) is 0.495. The third kappa shape index (κ3) is 2.62. The normalized spacial score (nSPS) is 10.7. The fraction of sp³-hybridized carbons (Fsp3) is 0.0714. The Bertz CT molecular complexity index is 701. The van der Waals surface area contributed by atoms with E-state index in [-0.39, 0.29) is 5.91 Å². The minimum absolute atomic E-state index is 0.0316. The lowest BCUT2D eigenvalue weighted by atomic mass is 10.2. The van der Waals surface area contributed by atoms with Crippen LogP contribution in [0.3, 0.4) is 0 Å². The van der Waals surface area contributed by atoms with E-state index >= 15 is 0 Å². The Labute approximate surface area is 118 Å². The predicted molar refractivity (Wildman–Crippen MR) is 81.7 cm³/mol. The van der Waals surface area contributed by atoms with E-state index in [4.69, 9.17) is 5.73 Å². The van der Waals surface area contributed by atoms with E-state index in [1.807, 2.05) is 41.8 Å². The summed E-state index contributed by atoms with van der Waals surface area (Å²) in [5.74, 6) is -0.0316. The standard InChI is InChI=1S/C14H12N2OS2/c15-10-3-1-2-9(6-10)8-16-14(17)13-7-12-11(19-13)4-5-18-12/h1-7H,8,15H2,(H,16,17). The number of hydrogen-bond acceptors (Lipinski definition) is 4. The molecule has 0 unspecified atom stereocenters. The van der Waals surface area contributed by atoms with Gasteiger partial charge in [0, 0.05) is 21.6 Å². The number of anilines is 1. The minimum Gasteiger partial charge on any atom is -0.399 e. The highest BCUT2D eigenvalue weighted by atomic mass is 32.1. The van der Waals surface area contributed by atoms with Crippen molar-refractivity contribution in [2.75, 3.05) is 5.73 Å². The van der Waals surface area contributed by atoms with E-state index in [1.165, 1.54) is 20.7 Å². The van der Waals surface area contributed by atoms with E-state index in [2.05, 4.69) is 5.32 Å². The maximum Gasteiger partial charge on any atom is 0.261 e. The number of fused-ring (bicyclic) bond motifs is 1. The molecule has 0 bridgehead atoms. The zero-order valence-electron chi connectivity index (χ0n) is 10.1. The molecule has 0 saturated carbocycles. The van der Waals surface area contributed by atoms with Gasteiger partial charge in [-0.3, -0.25) is 4.79 Å². The molecule has 2 aromatic heterocycles. The zero-order valence-corrected chi connectivity index (χ0v) is 11.7. The lowest BCUT2D eigenvalue weighted by molar-refractivity contribution is 0.0955. The van der Waals surface area contributed by atoms with E-state index in [0.29, 0.717) is 12.2 Å². The van der Waals surface area contributed by atoms with Crippen molar-refractivity contribution >= 4 is 43.7 Å². The van der Waals surface area contributed by atoms with Crippen LogP contribution in [0.25, 0.3) is 9.40 Å². The Kier molecular flexibility index (Phi) is 3.23. The van der Waals surface area contributed by atoms with E-state index in [9.17, 15) is 4.79 Å². The van der Waals surface area contributed by atoms with Gasteiger partial charge in [0.25, 0.3) is 5.91 Å². The number of amides is 1. The lowest BCUT2D eigenvalue weighted by Crippen LogP contribution is -2.21. The van der Waals surface area contributed by atoms with Crippen molar-refractivity contribution in [3.8, 4) is 0 Å². The van der Waals surface area contributed by atoms with Crippen LogP contribution in [-0.2, 0) is 6.54 Å². The first kappa shape index (κ1) is 12.2. The van der Waals surface area contributed by atoms with Crippen molar-refractivity contribution in [3.05, 3.63) is 52.2 Å². The van der Waals surface area contributed by atoms with Crippen LogP contribution in [0.4, 0.5) is 5.69 Å². The molecule has 96 valence electrons. The molecule has 0 fully saturated rings. The van der Waals surface area contributed by atoms with Crippen molar-refractivity contribution in [1.82, 2.24) is 5.32 Å². The molecule has 0 saturated heterocycles. The number of carbonyl (C=O) groups is 1. The third-order valence-corrected chi connectivity index (χ3v) is 4.86. The minimum atomic E-state index is -0.0316. The highest BCUT2D eigenvalue weighted by Crippen LogP contribution is 2.29. The molecule has 5 heteroatoms. The molecule has 0 aliphatic carbocycles. The Hall–Kier alpha value is -1.85. The highest BCUT2D eigenvalue weighted by Gasteiger charge is 2.10. The molecule has 3 aromatic rings. The third-order valence-electron chi connectivity index (χ3n) is 2.77. The molecule has 19 heavy (non-hydrogen) atoms. The largest absolute Gasteiger partial charge is 0.399 e. The molecular formula is C14H12N2OS2. The molecular weight excluding hydrogens is 276 g/mol. The summed E-state index contributed by atoms with van der Waals surface area (Å²) in [4.78, 5) is 12.8. The number of carbonyl (C=O) groups excluding carboxylic acids is 1. The van der Waals surface area contributed by atoms with Gasteiger partial charge in [-0.25, -0.2) is 0 Å². The van der Waals surface area contributed by atoms with Crippen LogP contribution in [-0.4, -0.2) is 5.91 Å². The summed E-state index contributed by atoms with van der Waals surface area (Å²) in [7, 11) is 0.